The van der Waals surface area contributed by atoms with E-state index in [1.807, 2.05) is 6.07 Å². The van der Waals surface area contributed by atoms with Crippen LogP contribution in [-0.2, 0) is 11.2 Å². The molecule has 1 aromatic rings. The Hall–Kier alpha value is -1.55. The number of aryl methyl sites for hydroxylation is 1. The van der Waals surface area contributed by atoms with Crippen molar-refractivity contribution in [3.05, 3.63) is 23.8 Å². The Balaban J connectivity index is 1.47. The normalized spacial score (nSPS) is 14.0. The molecule has 23 heavy (non-hydrogen) atoms. The summed E-state index contributed by atoms with van der Waals surface area (Å²) < 4.78 is 10.7. The van der Waals surface area contributed by atoms with E-state index < -0.39 is 6.10 Å². The van der Waals surface area contributed by atoms with Crippen LogP contribution in [0, 0.1) is 0 Å². The molecular weight excluding hydrogens is 292 g/mol. The Morgan fingerprint density at radius 1 is 1.09 bits per heavy atom. The van der Waals surface area contributed by atoms with Gasteiger partial charge in [0.05, 0.1) is 6.10 Å². The molecule has 1 aliphatic rings. The maximum Gasteiger partial charge on any atom is 0.231 e. The molecular formula is C19H28O4. The Morgan fingerprint density at radius 2 is 1.78 bits per heavy atom. The molecule has 128 valence electrons. The van der Waals surface area contributed by atoms with E-state index in [2.05, 4.69) is 12.1 Å². The lowest BCUT2D eigenvalue weighted by molar-refractivity contribution is -0.118. The average Bonchev–Trinajstić information content (AvgIpc) is 2.96. The highest BCUT2D eigenvalue weighted by Crippen LogP contribution is 2.32. The number of rotatable bonds is 11. The summed E-state index contributed by atoms with van der Waals surface area (Å²) in [6, 6.07) is 6.19. The number of hydrogen-bond donors (Lipinski definition) is 1. The first-order valence-corrected chi connectivity index (χ1v) is 8.71. The average molecular weight is 320 g/mol. The smallest absolute Gasteiger partial charge is 0.231 e. The minimum atomic E-state index is -0.446. The second-order valence-corrected chi connectivity index (χ2v) is 6.41. The Labute approximate surface area is 138 Å². The van der Waals surface area contributed by atoms with E-state index >= 15 is 0 Å². The Bertz CT molecular complexity index is 498. The highest BCUT2D eigenvalue weighted by molar-refractivity contribution is 5.75. The van der Waals surface area contributed by atoms with Crippen molar-refractivity contribution in [2.24, 2.45) is 0 Å². The largest absolute Gasteiger partial charge is 0.454 e. The topological polar surface area (TPSA) is 55.8 Å². The van der Waals surface area contributed by atoms with Crippen molar-refractivity contribution in [2.45, 2.75) is 70.8 Å². The first-order valence-electron chi connectivity index (χ1n) is 8.71. The van der Waals surface area contributed by atoms with Gasteiger partial charge in [0.1, 0.15) is 5.78 Å². The molecule has 1 unspecified atom stereocenters. The van der Waals surface area contributed by atoms with Crippen molar-refractivity contribution < 1.29 is 19.4 Å². The van der Waals surface area contributed by atoms with Gasteiger partial charge >= 0.3 is 0 Å². The number of aliphatic hydroxyl groups is 1. The van der Waals surface area contributed by atoms with E-state index in [0.717, 1.165) is 37.2 Å². The summed E-state index contributed by atoms with van der Waals surface area (Å²) in [6.45, 7) is 1.86. The summed E-state index contributed by atoms with van der Waals surface area (Å²) in [7, 11) is 0. The van der Waals surface area contributed by atoms with Crippen molar-refractivity contribution in [1.82, 2.24) is 0 Å². The standard InChI is InChI=1S/C19H28O4/c1-15(20)12-17(21)9-7-5-3-2-4-6-8-16-10-11-18-19(13-16)23-14-22-18/h10-11,13,17,21H,2-9,12,14H2,1H3. The molecule has 0 bridgehead atoms. The molecule has 0 spiro atoms. The summed E-state index contributed by atoms with van der Waals surface area (Å²) in [5.41, 5.74) is 1.31. The molecule has 1 aliphatic heterocycles. The zero-order valence-corrected chi connectivity index (χ0v) is 14.1. The summed E-state index contributed by atoms with van der Waals surface area (Å²) in [4.78, 5) is 10.9. The zero-order valence-electron chi connectivity index (χ0n) is 14.1. The monoisotopic (exact) mass is 320 g/mol. The lowest BCUT2D eigenvalue weighted by Crippen LogP contribution is -2.10. The van der Waals surface area contributed by atoms with Crippen molar-refractivity contribution in [2.75, 3.05) is 6.79 Å². The molecule has 0 saturated heterocycles. The fourth-order valence-electron chi connectivity index (χ4n) is 2.95. The van der Waals surface area contributed by atoms with E-state index in [-0.39, 0.29) is 5.78 Å². The molecule has 1 heterocycles. The molecule has 0 aromatic heterocycles. The summed E-state index contributed by atoms with van der Waals surface area (Å²) in [6.07, 6.45) is 8.67. The van der Waals surface area contributed by atoms with Crippen molar-refractivity contribution >= 4 is 5.78 Å². The molecule has 0 radical (unpaired) electrons. The minimum absolute atomic E-state index is 0.0704. The summed E-state index contributed by atoms with van der Waals surface area (Å²) in [5.74, 6) is 1.79. The predicted molar refractivity (Wildman–Crippen MR) is 89.9 cm³/mol. The number of fused-ring (bicyclic) bond motifs is 1. The van der Waals surface area contributed by atoms with Gasteiger partial charge in [-0.3, -0.25) is 4.79 Å². The number of ketones is 1. The van der Waals surface area contributed by atoms with E-state index in [4.69, 9.17) is 9.47 Å². The predicted octanol–water partition coefficient (Wildman–Crippen LogP) is 4.03. The van der Waals surface area contributed by atoms with Gasteiger partial charge in [0, 0.05) is 6.42 Å². The van der Waals surface area contributed by atoms with Gasteiger partial charge in [0.15, 0.2) is 11.5 Å². The molecule has 2 rings (SSSR count). The van der Waals surface area contributed by atoms with Gasteiger partial charge < -0.3 is 14.6 Å². The molecule has 1 N–H and O–H groups in total. The van der Waals surface area contributed by atoms with Crippen LogP contribution >= 0.6 is 0 Å². The van der Waals surface area contributed by atoms with Crippen LogP contribution in [0.4, 0.5) is 0 Å². The van der Waals surface area contributed by atoms with Crippen LogP contribution in [0.25, 0.3) is 0 Å². The maximum absolute atomic E-state index is 10.9. The van der Waals surface area contributed by atoms with Gasteiger partial charge in [-0.1, -0.05) is 38.2 Å². The maximum atomic E-state index is 10.9. The van der Waals surface area contributed by atoms with E-state index in [9.17, 15) is 9.90 Å². The Morgan fingerprint density at radius 3 is 2.57 bits per heavy atom. The lowest BCUT2D eigenvalue weighted by Gasteiger charge is -2.08. The van der Waals surface area contributed by atoms with Crippen LogP contribution in [-0.4, -0.2) is 23.8 Å². The van der Waals surface area contributed by atoms with Gasteiger partial charge in [0.25, 0.3) is 0 Å². The molecule has 1 atom stereocenters. The number of carbonyl (C=O) groups is 1. The van der Waals surface area contributed by atoms with E-state index in [1.54, 1.807) is 0 Å². The summed E-state index contributed by atoms with van der Waals surface area (Å²) >= 11 is 0. The molecule has 0 saturated carbocycles. The van der Waals surface area contributed by atoms with E-state index in [0.29, 0.717) is 13.2 Å². The first-order chi connectivity index (χ1) is 11.1. The van der Waals surface area contributed by atoms with Gasteiger partial charge in [-0.05, 0) is 43.9 Å². The minimum Gasteiger partial charge on any atom is -0.454 e. The molecule has 1 aromatic carbocycles. The SMILES string of the molecule is CC(=O)CC(O)CCCCCCCCc1ccc2c(c1)OCO2. The molecule has 4 heteroatoms. The second kappa shape index (κ2) is 9.56. The lowest BCUT2D eigenvalue weighted by atomic mass is 10.0. The number of hydrogen-bond acceptors (Lipinski definition) is 4. The van der Waals surface area contributed by atoms with Gasteiger partial charge in [-0.15, -0.1) is 0 Å². The highest BCUT2D eigenvalue weighted by Gasteiger charge is 2.12. The van der Waals surface area contributed by atoms with Crippen molar-refractivity contribution in [3.8, 4) is 11.5 Å². The fraction of sp³-hybridized carbons (Fsp3) is 0.632. The van der Waals surface area contributed by atoms with Crippen LogP contribution in [0.15, 0.2) is 18.2 Å². The molecule has 0 aliphatic carbocycles. The van der Waals surface area contributed by atoms with Crippen LogP contribution in [0.1, 0.15) is 63.9 Å². The third kappa shape index (κ3) is 6.61. The van der Waals surface area contributed by atoms with Crippen molar-refractivity contribution in [3.63, 3.8) is 0 Å². The quantitative estimate of drug-likeness (QED) is 0.625. The summed E-state index contributed by atoms with van der Waals surface area (Å²) in [5, 5.41) is 9.61. The second-order valence-electron chi connectivity index (χ2n) is 6.41. The Kier molecular flexibility index (Phi) is 7.40. The van der Waals surface area contributed by atoms with Gasteiger partial charge in [0.2, 0.25) is 6.79 Å². The van der Waals surface area contributed by atoms with Gasteiger partial charge in [-0.2, -0.15) is 0 Å². The number of unbranched alkanes of at least 4 members (excludes halogenated alkanes) is 5. The van der Waals surface area contributed by atoms with E-state index in [1.165, 1.54) is 38.2 Å². The first kappa shape index (κ1) is 17.8. The number of benzene rings is 1. The van der Waals surface area contributed by atoms with Crippen LogP contribution in [0.2, 0.25) is 0 Å². The third-order valence-electron chi connectivity index (χ3n) is 4.21. The third-order valence-corrected chi connectivity index (χ3v) is 4.21. The number of ether oxygens (including phenoxy) is 2. The van der Waals surface area contributed by atoms with Crippen molar-refractivity contribution in [1.29, 1.82) is 0 Å². The number of aliphatic hydroxyl groups excluding tert-OH is 1. The zero-order chi connectivity index (χ0) is 16.5. The highest BCUT2D eigenvalue weighted by atomic mass is 16.7. The number of Topliss-reactive ketones (excluding diaryl/α,β-unsaturated/α-hetero) is 1. The van der Waals surface area contributed by atoms with Crippen LogP contribution in [0.5, 0.6) is 11.5 Å². The van der Waals surface area contributed by atoms with Crippen LogP contribution < -0.4 is 9.47 Å². The molecule has 4 nitrogen and oxygen atoms in total. The van der Waals surface area contributed by atoms with Gasteiger partial charge in [-0.25, -0.2) is 0 Å². The van der Waals surface area contributed by atoms with Crippen LogP contribution in [0.3, 0.4) is 0 Å². The molecule has 0 fully saturated rings. The molecule has 0 amide bonds. The fourth-order valence-corrected chi connectivity index (χ4v) is 2.95. The number of carbonyl (C=O) groups excluding carboxylic acids is 1.